The number of amides is 2. The van der Waals surface area contributed by atoms with Gasteiger partial charge in [-0.05, 0) is 36.4 Å². The summed E-state index contributed by atoms with van der Waals surface area (Å²) in [6, 6.07) is 11.3. The molecular weight excluding hydrogens is 344 g/mol. The predicted octanol–water partition coefficient (Wildman–Crippen LogP) is 3.45. The third-order valence-electron chi connectivity index (χ3n) is 2.53. The molecule has 0 aliphatic carbocycles. The molecule has 20 heavy (non-hydrogen) atoms. The van der Waals surface area contributed by atoms with E-state index in [1.165, 1.54) is 6.07 Å². The average molecular weight is 354 g/mol. The van der Waals surface area contributed by atoms with Gasteiger partial charge in [-0.1, -0.05) is 33.6 Å². The van der Waals surface area contributed by atoms with Gasteiger partial charge in [-0.15, -0.1) is 0 Å². The van der Waals surface area contributed by atoms with E-state index >= 15 is 0 Å². The molecule has 0 fully saturated rings. The quantitative estimate of drug-likeness (QED) is 0.887. The van der Waals surface area contributed by atoms with Crippen molar-refractivity contribution in [1.29, 1.82) is 0 Å². The molecule has 0 radical (unpaired) electrons. The van der Waals surface area contributed by atoms with Gasteiger partial charge in [0.15, 0.2) is 0 Å². The molecule has 0 heterocycles. The van der Waals surface area contributed by atoms with Crippen LogP contribution in [0.15, 0.2) is 46.9 Å². The summed E-state index contributed by atoms with van der Waals surface area (Å²) >= 11 is 9.16. The van der Waals surface area contributed by atoms with E-state index in [1.54, 1.807) is 36.4 Å². The van der Waals surface area contributed by atoms with E-state index in [2.05, 4.69) is 21.2 Å². The van der Waals surface area contributed by atoms with Crippen LogP contribution in [0.3, 0.4) is 0 Å². The molecular formula is C14H10BrClN2O2. The highest BCUT2D eigenvalue weighted by molar-refractivity contribution is 9.10. The minimum Gasteiger partial charge on any atom is -0.366 e. The molecule has 2 aromatic carbocycles. The third kappa shape index (κ3) is 3.59. The topological polar surface area (TPSA) is 72.2 Å². The Morgan fingerprint density at radius 2 is 1.85 bits per heavy atom. The van der Waals surface area contributed by atoms with Crippen molar-refractivity contribution in [3.63, 3.8) is 0 Å². The first kappa shape index (κ1) is 14.6. The monoisotopic (exact) mass is 352 g/mol. The van der Waals surface area contributed by atoms with E-state index in [9.17, 15) is 9.59 Å². The molecule has 4 nitrogen and oxygen atoms in total. The van der Waals surface area contributed by atoms with Crippen LogP contribution in [0.4, 0.5) is 5.69 Å². The number of benzene rings is 2. The number of hydrogen-bond acceptors (Lipinski definition) is 2. The van der Waals surface area contributed by atoms with Crippen LogP contribution in [0.25, 0.3) is 0 Å². The average Bonchev–Trinajstić information content (AvgIpc) is 2.37. The Balaban J connectivity index is 2.23. The van der Waals surface area contributed by atoms with Crippen LogP contribution in [0.5, 0.6) is 0 Å². The number of halogens is 2. The highest BCUT2D eigenvalue weighted by Crippen LogP contribution is 2.20. The lowest BCUT2D eigenvalue weighted by Crippen LogP contribution is -2.14. The molecule has 0 aliphatic heterocycles. The van der Waals surface area contributed by atoms with Crippen molar-refractivity contribution in [2.45, 2.75) is 0 Å². The Morgan fingerprint density at radius 1 is 1.10 bits per heavy atom. The maximum Gasteiger partial charge on any atom is 0.255 e. The summed E-state index contributed by atoms with van der Waals surface area (Å²) in [5.74, 6) is -0.874. The fourth-order valence-electron chi connectivity index (χ4n) is 1.64. The lowest BCUT2D eigenvalue weighted by atomic mass is 10.1. The van der Waals surface area contributed by atoms with Gasteiger partial charge in [0, 0.05) is 26.3 Å². The molecule has 2 amide bonds. The Hall–Kier alpha value is -1.85. The van der Waals surface area contributed by atoms with E-state index in [0.717, 1.165) is 0 Å². The maximum atomic E-state index is 12.1. The lowest BCUT2D eigenvalue weighted by Gasteiger charge is -2.07. The fraction of sp³-hybridized carbons (Fsp3) is 0. The molecule has 2 rings (SSSR count). The lowest BCUT2D eigenvalue weighted by molar-refractivity contribution is 0.0996. The van der Waals surface area contributed by atoms with Crippen LogP contribution in [-0.2, 0) is 0 Å². The van der Waals surface area contributed by atoms with E-state index < -0.39 is 5.91 Å². The maximum absolute atomic E-state index is 12.1. The van der Waals surface area contributed by atoms with Crippen LogP contribution in [0.1, 0.15) is 20.7 Å². The zero-order chi connectivity index (χ0) is 14.7. The summed E-state index contributed by atoms with van der Waals surface area (Å²) in [5, 5.41) is 3.14. The predicted molar refractivity (Wildman–Crippen MR) is 82.1 cm³/mol. The SMILES string of the molecule is NC(=O)c1cccc(NC(=O)c2cc(Cl)cc(Br)c2)c1. The molecule has 0 spiro atoms. The second kappa shape index (κ2) is 6.07. The molecule has 6 heteroatoms. The van der Waals surface area contributed by atoms with Crippen LogP contribution < -0.4 is 11.1 Å². The normalized spacial score (nSPS) is 10.1. The standard InChI is InChI=1S/C14H10BrClN2O2/c15-10-4-9(5-11(16)7-10)14(20)18-12-3-1-2-8(6-12)13(17)19/h1-7H,(H2,17,19)(H,18,20). The Morgan fingerprint density at radius 3 is 2.50 bits per heavy atom. The number of carbonyl (C=O) groups is 2. The molecule has 0 aromatic heterocycles. The van der Waals surface area contributed by atoms with Crippen molar-refractivity contribution in [3.05, 3.63) is 63.1 Å². The second-order valence-corrected chi connectivity index (χ2v) is 5.41. The molecule has 0 atom stereocenters. The molecule has 0 unspecified atom stereocenters. The molecule has 0 saturated carbocycles. The number of carbonyl (C=O) groups excluding carboxylic acids is 2. The molecule has 0 saturated heterocycles. The minimum absolute atomic E-state index is 0.324. The highest BCUT2D eigenvalue weighted by atomic mass is 79.9. The van der Waals surface area contributed by atoms with Gasteiger partial charge in [0.2, 0.25) is 5.91 Å². The molecule has 0 aliphatic rings. The van der Waals surface area contributed by atoms with Crippen LogP contribution in [0.2, 0.25) is 5.02 Å². The van der Waals surface area contributed by atoms with Crippen molar-refractivity contribution < 1.29 is 9.59 Å². The number of nitrogens with two attached hydrogens (primary N) is 1. The van der Waals surface area contributed by atoms with E-state index in [0.29, 0.717) is 26.3 Å². The Labute approximate surface area is 129 Å². The fourth-order valence-corrected chi connectivity index (χ4v) is 2.50. The Kier molecular flexibility index (Phi) is 4.42. The zero-order valence-corrected chi connectivity index (χ0v) is 12.5. The molecule has 2 aromatic rings. The molecule has 0 bridgehead atoms. The number of rotatable bonds is 3. The van der Waals surface area contributed by atoms with Crippen LogP contribution in [0, 0.1) is 0 Å². The Bertz CT molecular complexity index is 668. The summed E-state index contributed by atoms with van der Waals surface area (Å²) in [4.78, 5) is 23.2. The van der Waals surface area contributed by atoms with Crippen LogP contribution >= 0.6 is 27.5 Å². The summed E-state index contributed by atoms with van der Waals surface area (Å²) in [6.45, 7) is 0. The van der Waals surface area contributed by atoms with Gasteiger partial charge in [0.1, 0.15) is 0 Å². The second-order valence-electron chi connectivity index (χ2n) is 4.06. The van der Waals surface area contributed by atoms with Gasteiger partial charge >= 0.3 is 0 Å². The van der Waals surface area contributed by atoms with Crippen molar-refractivity contribution in [1.82, 2.24) is 0 Å². The van der Waals surface area contributed by atoms with Gasteiger partial charge in [0.05, 0.1) is 0 Å². The largest absolute Gasteiger partial charge is 0.366 e. The summed E-state index contributed by atoms with van der Waals surface area (Å²) in [6.07, 6.45) is 0. The molecule has 102 valence electrons. The highest BCUT2D eigenvalue weighted by Gasteiger charge is 2.09. The van der Waals surface area contributed by atoms with Crippen molar-refractivity contribution in [3.8, 4) is 0 Å². The van der Waals surface area contributed by atoms with Crippen LogP contribution in [-0.4, -0.2) is 11.8 Å². The van der Waals surface area contributed by atoms with Gasteiger partial charge in [-0.2, -0.15) is 0 Å². The number of hydrogen-bond donors (Lipinski definition) is 2. The summed E-state index contributed by atoms with van der Waals surface area (Å²) in [7, 11) is 0. The minimum atomic E-state index is -0.549. The first-order chi connectivity index (χ1) is 9.45. The first-order valence-electron chi connectivity index (χ1n) is 5.63. The van der Waals surface area contributed by atoms with Crippen molar-refractivity contribution in [2.75, 3.05) is 5.32 Å². The van der Waals surface area contributed by atoms with Crippen molar-refractivity contribution in [2.24, 2.45) is 5.73 Å². The summed E-state index contributed by atoms with van der Waals surface area (Å²) in [5.41, 5.74) is 6.42. The van der Waals surface area contributed by atoms with E-state index in [1.807, 2.05) is 0 Å². The number of nitrogens with one attached hydrogen (secondary N) is 1. The smallest absolute Gasteiger partial charge is 0.255 e. The first-order valence-corrected chi connectivity index (χ1v) is 6.80. The van der Waals surface area contributed by atoms with Gasteiger partial charge in [-0.3, -0.25) is 9.59 Å². The third-order valence-corrected chi connectivity index (χ3v) is 3.21. The van der Waals surface area contributed by atoms with Gasteiger partial charge in [-0.25, -0.2) is 0 Å². The van der Waals surface area contributed by atoms with Gasteiger partial charge < -0.3 is 11.1 Å². The van der Waals surface area contributed by atoms with E-state index in [4.69, 9.17) is 17.3 Å². The number of anilines is 1. The molecule has 3 N–H and O–H groups in total. The zero-order valence-electron chi connectivity index (χ0n) is 10.2. The summed E-state index contributed by atoms with van der Waals surface area (Å²) < 4.78 is 0.709. The van der Waals surface area contributed by atoms with Gasteiger partial charge in [0.25, 0.3) is 5.91 Å². The van der Waals surface area contributed by atoms with E-state index in [-0.39, 0.29) is 5.91 Å². The number of primary amides is 1. The van der Waals surface area contributed by atoms with Crippen molar-refractivity contribution >= 4 is 45.0 Å².